The van der Waals surface area contributed by atoms with E-state index in [1.54, 1.807) is 6.07 Å². The van der Waals surface area contributed by atoms with Gasteiger partial charge in [0.05, 0.1) is 10.6 Å². The van der Waals surface area contributed by atoms with Crippen molar-refractivity contribution in [2.45, 2.75) is 6.92 Å². The van der Waals surface area contributed by atoms with Crippen LogP contribution in [0.1, 0.15) is 17.3 Å². The van der Waals surface area contributed by atoms with Gasteiger partial charge in [0.1, 0.15) is 5.82 Å². The van der Waals surface area contributed by atoms with Crippen molar-refractivity contribution in [3.05, 3.63) is 51.6 Å². The molecule has 0 spiro atoms. The van der Waals surface area contributed by atoms with Crippen LogP contribution in [-0.4, -0.2) is 17.4 Å². The fraction of sp³-hybridized carbons (Fsp3) is 0.143. The molecular formula is C14H13BrClN3O. The van der Waals surface area contributed by atoms with E-state index in [4.69, 9.17) is 11.6 Å². The van der Waals surface area contributed by atoms with Crippen molar-refractivity contribution in [3.8, 4) is 0 Å². The molecule has 1 heterocycles. The van der Waals surface area contributed by atoms with Gasteiger partial charge in [-0.05, 0) is 37.3 Å². The number of amides is 1. The van der Waals surface area contributed by atoms with Crippen LogP contribution in [0.25, 0.3) is 0 Å². The largest absolute Gasteiger partial charge is 0.369 e. The summed E-state index contributed by atoms with van der Waals surface area (Å²) in [6.45, 7) is 2.67. The Morgan fingerprint density at radius 2 is 2.05 bits per heavy atom. The van der Waals surface area contributed by atoms with Gasteiger partial charge in [-0.1, -0.05) is 27.5 Å². The van der Waals surface area contributed by atoms with Gasteiger partial charge in [0.2, 0.25) is 0 Å². The monoisotopic (exact) mass is 353 g/mol. The van der Waals surface area contributed by atoms with Gasteiger partial charge < -0.3 is 10.6 Å². The zero-order valence-corrected chi connectivity index (χ0v) is 13.1. The highest BCUT2D eigenvalue weighted by molar-refractivity contribution is 9.10. The van der Waals surface area contributed by atoms with Crippen molar-refractivity contribution in [1.29, 1.82) is 0 Å². The molecule has 4 nitrogen and oxygen atoms in total. The number of halogens is 2. The molecule has 0 aliphatic carbocycles. The van der Waals surface area contributed by atoms with Gasteiger partial charge in [0.25, 0.3) is 5.91 Å². The number of benzene rings is 1. The molecule has 2 rings (SSSR count). The van der Waals surface area contributed by atoms with Gasteiger partial charge in [-0.2, -0.15) is 0 Å². The van der Waals surface area contributed by atoms with Crippen LogP contribution >= 0.6 is 27.5 Å². The number of carbonyl (C=O) groups excluding carboxylic acids is 1. The summed E-state index contributed by atoms with van der Waals surface area (Å²) in [6, 6.07) is 8.93. The molecule has 0 bridgehead atoms. The molecule has 0 radical (unpaired) electrons. The lowest BCUT2D eigenvalue weighted by molar-refractivity contribution is 0.102. The Morgan fingerprint density at radius 1 is 1.35 bits per heavy atom. The summed E-state index contributed by atoms with van der Waals surface area (Å²) in [4.78, 5) is 16.2. The topological polar surface area (TPSA) is 54.0 Å². The van der Waals surface area contributed by atoms with Crippen LogP contribution < -0.4 is 10.6 Å². The quantitative estimate of drug-likeness (QED) is 0.866. The molecule has 0 unspecified atom stereocenters. The molecule has 104 valence electrons. The second-order valence-corrected chi connectivity index (χ2v) is 5.37. The van der Waals surface area contributed by atoms with E-state index in [1.165, 1.54) is 6.20 Å². The first-order valence-electron chi connectivity index (χ1n) is 6.06. The minimum Gasteiger partial charge on any atom is -0.369 e. The summed E-state index contributed by atoms with van der Waals surface area (Å²) in [5, 5.41) is 6.23. The minimum absolute atomic E-state index is 0.246. The van der Waals surface area contributed by atoms with Crippen molar-refractivity contribution in [1.82, 2.24) is 4.98 Å². The van der Waals surface area contributed by atoms with Crippen LogP contribution in [0.2, 0.25) is 5.02 Å². The summed E-state index contributed by atoms with van der Waals surface area (Å²) < 4.78 is 0.954. The van der Waals surface area contributed by atoms with Crippen LogP contribution in [0.4, 0.5) is 11.5 Å². The number of hydrogen-bond donors (Lipinski definition) is 2. The molecule has 20 heavy (non-hydrogen) atoms. The number of carbonyl (C=O) groups is 1. The van der Waals surface area contributed by atoms with Crippen LogP contribution in [0.3, 0.4) is 0 Å². The van der Waals surface area contributed by atoms with E-state index in [-0.39, 0.29) is 5.91 Å². The number of hydrogen-bond acceptors (Lipinski definition) is 3. The number of rotatable bonds is 4. The highest BCUT2D eigenvalue weighted by atomic mass is 79.9. The fourth-order valence-corrected chi connectivity index (χ4v) is 2.09. The number of aromatic nitrogens is 1. The van der Waals surface area contributed by atoms with Crippen LogP contribution in [0.15, 0.2) is 41.0 Å². The molecule has 0 aliphatic rings. The van der Waals surface area contributed by atoms with Crippen LogP contribution in [-0.2, 0) is 0 Å². The molecule has 0 aliphatic heterocycles. The summed E-state index contributed by atoms with van der Waals surface area (Å²) in [7, 11) is 0. The molecule has 1 amide bonds. The summed E-state index contributed by atoms with van der Waals surface area (Å²) in [5.74, 6) is 0.333. The Labute approximate surface area is 130 Å². The first-order chi connectivity index (χ1) is 9.60. The van der Waals surface area contributed by atoms with E-state index >= 15 is 0 Å². The van der Waals surface area contributed by atoms with Crippen molar-refractivity contribution < 1.29 is 4.79 Å². The summed E-state index contributed by atoms with van der Waals surface area (Å²) in [6.07, 6.45) is 1.50. The SMILES string of the molecule is CCNc1ncc(C(=O)Nc2ccc(Br)cc2)cc1Cl. The van der Waals surface area contributed by atoms with Gasteiger partial charge in [0, 0.05) is 22.9 Å². The molecule has 0 fully saturated rings. The molecule has 2 aromatic rings. The molecule has 2 N–H and O–H groups in total. The molecule has 6 heteroatoms. The first kappa shape index (κ1) is 14.8. The van der Waals surface area contributed by atoms with E-state index in [0.717, 1.165) is 11.0 Å². The van der Waals surface area contributed by atoms with Gasteiger partial charge in [-0.15, -0.1) is 0 Å². The second kappa shape index (κ2) is 6.72. The Bertz CT molecular complexity index is 616. The summed E-state index contributed by atoms with van der Waals surface area (Å²) >= 11 is 9.41. The highest BCUT2D eigenvalue weighted by Gasteiger charge is 2.10. The average Bonchev–Trinajstić information content (AvgIpc) is 2.44. The molecule has 0 saturated carbocycles. The summed E-state index contributed by atoms with van der Waals surface area (Å²) in [5.41, 5.74) is 1.13. The van der Waals surface area contributed by atoms with Crippen molar-refractivity contribution in [3.63, 3.8) is 0 Å². The molecule has 0 saturated heterocycles. The van der Waals surface area contributed by atoms with E-state index in [0.29, 0.717) is 22.1 Å². The number of anilines is 2. The Balaban J connectivity index is 2.13. The lowest BCUT2D eigenvalue weighted by Gasteiger charge is -2.08. The third kappa shape index (κ3) is 3.71. The molecule has 1 aromatic heterocycles. The van der Waals surface area contributed by atoms with E-state index in [2.05, 4.69) is 31.5 Å². The maximum atomic E-state index is 12.1. The van der Waals surface area contributed by atoms with Crippen molar-refractivity contribution in [2.75, 3.05) is 17.2 Å². The third-order valence-corrected chi connectivity index (χ3v) is 3.37. The van der Waals surface area contributed by atoms with Crippen molar-refractivity contribution in [2.24, 2.45) is 0 Å². The maximum Gasteiger partial charge on any atom is 0.257 e. The fourth-order valence-electron chi connectivity index (χ4n) is 1.60. The Hall–Kier alpha value is -1.59. The standard InChI is InChI=1S/C14H13BrClN3O/c1-2-17-13-12(16)7-9(8-18-13)14(20)19-11-5-3-10(15)4-6-11/h3-8H,2H2,1H3,(H,17,18)(H,19,20). The van der Waals surface area contributed by atoms with Crippen molar-refractivity contribution >= 4 is 44.9 Å². The maximum absolute atomic E-state index is 12.1. The van der Waals surface area contributed by atoms with Gasteiger partial charge in [-0.25, -0.2) is 4.98 Å². The Kier molecular flexibility index (Phi) is 4.98. The van der Waals surface area contributed by atoms with E-state index < -0.39 is 0 Å². The third-order valence-electron chi connectivity index (χ3n) is 2.55. The zero-order valence-electron chi connectivity index (χ0n) is 10.8. The molecule has 1 aromatic carbocycles. The van der Waals surface area contributed by atoms with Crippen LogP contribution in [0.5, 0.6) is 0 Å². The lowest BCUT2D eigenvalue weighted by atomic mass is 10.2. The predicted molar refractivity (Wildman–Crippen MR) is 85.5 cm³/mol. The second-order valence-electron chi connectivity index (χ2n) is 4.05. The predicted octanol–water partition coefficient (Wildman–Crippen LogP) is 4.18. The number of nitrogens with one attached hydrogen (secondary N) is 2. The van der Waals surface area contributed by atoms with Gasteiger partial charge in [-0.3, -0.25) is 4.79 Å². The van der Waals surface area contributed by atoms with Gasteiger partial charge >= 0.3 is 0 Å². The number of nitrogens with zero attached hydrogens (tertiary/aromatic N) is 1. The molecule has 0 atom stereocenters. The zero-order chi connectivity index (χ0) is 14.5. The highest BCUT2D eigenvalue weighted by Crippen LogP contribution is 2.21. The smallest absolute Gasteiger partial charge is 0.257 e. The molecular weight excluding hydrogens is 342 g/mol. The normalized spacial score (nSPS) is 10.2. The van der Waals surface area contributed by atoms with Crippen LogP contribution in [0, 0.1) is 0 Å². The average molecular weight is 355 g/mol. The van der Waals surface area contributed by atoms with E-state index in [9.17, 15) is 4.79 Å². The first-order valence-corrected chi connectivity index (χ1v) is 7.23. The lowest BCUT2D eigenvalue weighted by Crippen LogP contribution is -2.12. The number of pyridine rings is 1. The van der Waals surface area contributed by atoms with E-state index in [1.807, 2.05) is 31.2 Å². The minimum atomic E-state index is -0.246. The van der Waals surface area contributed by atoms with Gasteiger partial charge in [0.15, 0.2) is 0 Å². The Morgan fingerprint density at radius 3 is 2.65 bits per heavy atom.